The molecule has 4 rings (SSSR count). The van der Waals surface area contributed by atoms with Crippen LogP contribution in [0, 0.1) is 5.82 Å². The van der Waals surface area contributed by atoms with Gasteiger partial charge in [-0.25, -0.2) is 12.8 Å². The molecule has 3 aromatic rings. The maximum atomic E-state index is 13.8. The first-order valence-electron chi connectivity index (χ1n) is 8.17. The Morgan fingerprint density at radius 1 is 1.11 bits per heavy atom. The summed E-state index contributed by atoms with van der Waals surface area (Å²) in [7, 11) is -3.72. The molecule has 8 heteroatoms. The van der Waals surface area contributed by atoms with Gasteiger partial charge in [0.25, 0.3) is 10.0 Å². The number of carbonyl (C=O) groups excluding carboxylic acids is 1. The molecule has 0 fully saturated rings. The zero-order chi connectivity index (χ0) is 19.2. The fourth-order valence-corrected chi connectivity index (χ4v) is 5.08. The summed E-state index contributed by atoms with van der Waals surface area (Å²) in [6.45, 7) is -0.0445. The Bertz CT molecular complexity index is 1180. The number of hydrogen-bond donors (Lipinski definition) is 1. The molecule has 1 heterocycles. The molecule has 0 saturated carbocycles. The smallest absolute Gasteiger partial charge is 0.265 e. The predicted octanol–water partition coefficient (Wildman–Crippen LogP) is 4.17. The van der Waals surface area contributed by atoms with E-state index < -0.39 is 21.7 Å². The van der Waals surface area contributed by atoms with Crippen LogP contribution < -0.4 is 9.62 Å². The molecule has 0 unspecified atom stereocenters. The van der Waals surface area contributed by atoms with Crippen molar-refractivity contribution in [2.45, 2.75) is 11.3 Å². The van der Waals surface area contributed by atoms with E-state index in [2.05, 4.69) is 5.32 Å². The molecular formula is C19H14ClFN2O3S. The highest BCUT2D eigenvalue weighted by Gasteiger charge is 2.35. The Kier molecular flexibility index (Phi) is 4.28. The molecule has 0 atom stereocenters. The molecular weight excluding hydrogens is 391 g/mol. The van der Waals surface area contributed by atoms with E-state index >= 15 is 0 Å². The summed E-state index contributed by atoms with van der Waals surface area (Å²) in [6.07, 6.45) is -0.119. The summed E-state index contributed by atoms with van der Waals surface area (Å²) >= 11 is 5.69. The molecule has 0 spiro atoms. The van der Waals surface area contributed by atoms with Crippen molar-refractivity contribution < 1.29 is 17.6 Å². The molecule has 0 radical (unpaired) electrons. The maximum Gasteiger partial charge on any atom is 0.265 e. The van der Waals surface area contributed by atoms with Gasteiger partial charge in [0.05, 0.1) is 16.3 Å². The highest BCUT2D eigenvalue weighted by atomic mass is 35.5. The topological polar surface area (TPSA) is 66.5 Å². The van der Waals surface area contributed by atoms with Gasteiger partial charge in [-0.1, -0.05) is 35.9 Å². The van der Waals surface area contributed by atoms with Crippen LogP contribution in [0.15, 0.2) is 59.5 Å². The lowest BCUT2D eigenvalue weighted by atomic mass is 10.1. The van der Waals surface area contributed by atoms with E-state index in [4.69, 9.17) is 11.6 Å². The van der Waals surface area contributed by atoms with E-state index in [-0.39, 0.29) is 28.6 Å². The van der Waals surface area contributed by atoms with Gasteiger partial charge in [0.15, 0.2) is 0 Å². The molecule has 1 aliphatic rings. The third-order valence-electron chi connectivity index (χ3n) is 4.43. The zero-order valence-electron chi connectivity index (χ0n) is 13.9. The van der Waals surface area contributed by atoms with Crippen LogP contribution in [0.4, 0.5) is 15.8 Å². The number of carbonyl (C=O) groups is 1. The molecule has 27 heavy (non-hydrogen) atoms. The van der Waals surface area contributed by atoms with Crippen molar-refractivity contribution >= 4 is 49.7 Å². The van der Waals surface area contributed by atoms with Crippen molar-refractivity contribution in [3.8, 4) is 0 Å². The van der Waals surface area contributed by atoms with Gasteiger partial charge in [-0.2, -0.15) is 0 Å². The number of hydrogen-bond acceptors (Lipinski definition) is 3. The van der Waals surface area contributed by atoms with Crippen LogP contribution >= 0.6 is 11.6 Å². The number of halogens is 2. The lowest BCUT2D eigenvalue weighted by Gasteiger charge is -2.18. The van der Waals surface area contributed by atoms with Crippen molar-refractivity contribution in [2.75, 3.05) is 16.2 Å². The Hall–Kier alpha value is -2.64. The minimum absolute atomic E-state index is 0.000864. The van der Waals surface area contributed by atoms with Gasteiger partial charge in [0, 0.05) is 23.4 Å². The summed E-state index contributed by atoms with van der Waals surface area (Å²) in [6, 6.07) is 14.4. The summed E-state index contributed by atoms with van der Waals surface area (Å²) < 4.78 is 40.7. The van der Waals surface area contributed by atoms with Crippen molar-refractivity contribution in [3.63, 3.8) is 0 Å². The summed E-state index contributed by atoms with van der Waals surface area (Å²) in [5.41, 5.74) is 0.549. The van der Waals surface area contributed by atoms with Crippen molar-refractivity contribution in [1.82, 2.24) is 0 Å². The average Bonchev–Trinajstić information content (AvgIpc) is 2.85. The number of anilines is 2. The lowest BCUT2D eigenvalue weighted by molar-refractivity contribution is -0.116. The average molecular weight is 405 g/mol. The van der Waals surface area contributed by atoms with Gasteiger partial charge in [0.1, 0.15) is 5.82 Å². The van der Waals surface area contributed by atoms with Crippen LogP contribution in [-0.2, 0) is 14.8 Å². The molecule has 138 valence electrons. The van der Waals surface area contributed by atoms with Gasteiger partial charge in [0.2, 0.25) is 5.91 Å². The van der Waals surface area contributed by atoms with Gasteiger partial charge in [-0.3, -0.25) is 9.10 Å². The second-order valence-corrected chi connectivity index (χ2v) is 8.40. The van der Waals surface area contributed by atoms with Crippen molar-refractivity contribution in [1.29, 1.82) is 0 Å². The van der Waals surface area contributed by atoms with Gasteiger partial charge in [-0.05, 0) is 35.7 Å². The highest BCUT2D eigenvalue weighted by Crippen LogP contribution is 2.41. The van der Waals surface area contributed by atoms with E-state index in [1.165, 1.54) is 16.4 Å². The monoisotopic (exact) mass is 404 g/mol. The molecule has 5 nitrogen and oxygen atoms in total. The SMILES string of the molecule is O=C(CCN1c2cccc3cccc(c23)S1(=O)=O)Nc1ccc(Cl)cc1F. The van der Waals surface area contributed by atoms with Gasteiger partial charge >= 0.3 is 0 Å². The molecule has 0 aliphatic carbocycles. The molecule has 3 aromatic carbocycles. The predicted molar refractivity (Wildman–Crippen MR) is 103 cm³/mol. The third kappa shape index (κ3) is 3.02. The number of nitrogens with one attached hydrogen (secondary N) is 1. The number of amides is 1. The summed E-state index contributed by atoms with van der Waals surface area (Å²) in [5.74, 6) is -1.14. The van der Waals surface area contributed by atoms with E-state index in [9.17, 15) is 17.6 Å². The van der Waals surface area contributed by atoms with Crippen LogP contribution in [0.1, 0.15) is 6.42 Å². The zero-order valence-corrected chi connectivity index (χ0v) is 15.5. The Morgan fingerprint density at radius 2 is 1.85 bits per heavy atom. The van der Waals surface area contributed by atoms with Gasteiger partial charge < -0.3 is 5.32 Å². The quantitative estimate of drug-likeness (QED) is 0.709. The minimum Gasteiger partial charge on any atom is -0.324 e. The lowest BCUT2D eigenvalue weighted by Crippen LogP contribution is -2.30. The minimum atomic E-state index is -3.72. The molecule has 1 aliphatic heterocycles. The van der Waals surface area contributed by atoms with Crippen LogP contribution in [0.25, 0.3) is 10.8 Å². The Morgan fingerprint density at radius 3 is 2.59 bits per heavy atom. The van der Waals surface area contributed by atoms with Crippen LogP contribution in [0.2, 0.25) is 5.02 Å². The molecule has 0 saturated heterocycles. The van der Waals surface area contributed by atoms with E-state index in [0.717, 1.165) is 11.5 Å². The number of benzene rings is 3. The van der Waals surface area contributed by atoms with Crippen molar-refractivity contribution in [2.24, 2.45) is 0 Å². The fraction of sp³-hybridized carbons (Fsp3) is 0.105. The molecule has 0 bridgehead atoms. The summed E-state index contributed by atoms with van der Waals surface area (Å²) in [4.78, 5) is 12.4. The first kappa shape index (κ1) is 17.8. The largest absolute Gasteiger partial charge is 0.324 e. The van der Waals surface area contributed by atoms with E-state index in [1.54, 1.807) is 24.3 Å². The first-order valence-corrected chi connectivity index (χ1v) is 9.99. The van der Waals surface area contributed by atoms with Crippen LogP contribution in [0.3, 0.4) is 0 Å². The second kappa shape index (κ2) is 6.51. The molecule has 1 amide bonds. The standard InChI is InChI=1S/C19H14ClFN2O3S/c20-13-7-8-15(14(21)11-13)22-18(24)9-10-23-16-5-1-3-12-4-2-6-17(19(12)16)27(23,25)26/h1-8,11H,9-10H2,(H,22,24). The van der Waals surface area contributed by atoms with Crippen LogP contribution in [-0.4, -0.2) is 20.9 Å². The second-order valence-electron chi connectivity index (χ2n) is 6.13. The van der Waals surface area contributed by atoms with Crippen molar-refractivity contribution in [3.05, 3.63) is 65.4 Å². The van der Waals surface area contributed by atoms with E-state index in [1.807, 2.05) is 12.1 Å². The fourth-order valence-electron chi connectivity index (χ4n) is 3.21. The maximum absolute atomic E-state index is 13.8. The van der Waals surface area contributed by atoms with Crippen LogP contribution in [0.5, 0.6) is 0 Å². The molecule has 1 N–H and O–H groups in total. The Balaban J connectivity index is 1.55. The number of nitrogens with zero attached hydrogens (tertiary/aromatic N) is 1. The Labute approximate surface area is 160 Å². The highest BCUT2D eigenvalue weighted by molar-refractivity contribution is 7.93. The van der Waals surface area contributed by atoms with Gasteiger partial charge in [-0.15, -0.1) is 0 Å². The number of rotatable bonds is 4. The first-order chi connectivity index (χ1) is 12.9. The van der Waals surface area contributed by atoms with E-state index in [0.29, 0.717) is 11.1 Å². The molecule has 0 aromatic heterocycles. The third-order valence-corrected chi connectivity index (χ3v) is 6.52. The number of sulfonamides is 1. The normalized spacial score (nSPS) is 14.5. The summed E-state index contributed by atoms with van der Waals surface area (Å²) in [5, 5.41) is 4.14.